The van der Waals surface area contributed by atoms with Gasteiger partial charge in [-0.25, -0.2) is 0 Å². The van der Waals surface area contributed by atoms with E-state index in [1.165, 1.54) is 0 Å². The van der Waals surface area contributed by atoms with Crippen molar-refractivity contribution in [1.82, 2.24) is 0 Å². The van der Waals surface area contributed by atoms with E-state index in [1.807, 2.05) is 13.8 Å². The van der Waals surface area contributed by atoms with E-state index in [2.05, 4.69) is 0 Å². The van der Waals surface area contributed by atoms with Crippen LogP contribution in [0.3, 0.4) is 0 Å². The molecule has 0 heterocycles. The Morgan fingerprint density at radius 1 is 1.15 bits per heavy atom. The Labute approximate surface area is 154 Å². The van der Waals surface area contributed by atoms with Crippen molar-refractivity contribution in [2.75, 3.05) is 13.2 Å². The molecule has 3 unspecified atom stereocenters. The van der Waals surface area contributed by atoms with Crippen molar-refractivity contribution < 1.29 is 19.4 Å². The number of aliphatic hydroxyl groups is 1. The number of hydrogen-bond donors (Lipinski definition) is 2. The van der Waals surface area contributed by atoms with Gasteiger partial charge < -0.3 is 15.6 Å². The number of ketones is 2. The molecule has 0 bridgehead atoms. The van der Waals surface area contributed by atoms with Gasteiger partial charge in [0.05, 0.1) is 25.0 Å². The quantitative estimate of drug-likeness (QED) is 0.764. The van der Waals surface area contributed by atoms with Crippen molar-refractivity contribution in [2.24, 2.45) is 17.6 Å². The number of nitrogens with two attached hydrogens (primary N) is 1. The van der Waals surface area contributed by atoms with Gasteiger partial charge in [-0.2, -0.15) is 0 Å². The summed E-state index contributed by atoms with van der Waals surface area (Å²) in [6.45, 7) is 4.35. The first kappa shape index (κ1) is 20.1. The summed E-state index contributed by atoms with van der Waals surface area (Å²) in [6.07, 6.45) is 6.62. The van der Waals surface area contributed by atoms with Gasteiger partial charge in [-0.15, -0.1) is 0 Å². The number of fused-ring (bicyclic) bond motifs is 2. The summed E-state index contributed by atoms with van der Waals surface area (Å²) in [5.41, 5.74) is 6.62. The van der Waals surface area contributed by atoms with Gasteiger partial charge in [0.2, 0.25) is 0 Å². The molecule has 0 spiro atoms. The van der Waals surface area contributed by atoms with Crippen molar-refractivity contribution in [1.29, 1.82) is 0 Å². The molecule has 0 fully saturated rings. The molecule has 0 saturated heterocycles. The van der Waals surface area contributed by atoms with Gasteiger partial charge in [-0.3, -0.25) is 9.59 Å². The molecule has 2 aliphatic carbocycles. The fourth-order valence-electron chi connectivity index (χ4n) is 3.22. The standard InChI is InChI=1S/C19H21NO4.C2H6/c20-12(11-21)5-4-10-24-16-9-3-8-15-17(16)19(23)14-7-2-1-6-13(14)18(15)22;1-2/h1-3,6-9,12,15,17,21H,4-5,10-11,20H2;1-2H3. The van der Waals surface area contributed by atoms with Crippen LogP contribution in [0.5, 0.6) is 0 Å². The maximum Gasteiger partial charge on any atom is 0.175 e. The van der Waals surface area contributed by atoms with Gasteiger partial charge in [0.25, 0.3) is 0 Å². The van der Waals surface area contributed by atoms with Gasteiger partial charge in [0.15, 0.2) is 11.6 Å². The third-order valence-electron chi connectivity index (χ3n) is 4.51. The number of allylic oxidation sites excluding steroid dienone is 4. The Kier molecular flexibility index (Phi) is 7.30. The average Bonchev–Trinajstić information content (AvgIpc) is 2.70. The van der Waals surface area contributed by atoms with E-state index in [4.69, 9.17) is 15.6 Å². The highest BCUT2D eigenvalue weighted by Gasteiger charge is 2.43. The first-order valence-corrected chi connectivity index (χ1v) is 9.18. The number of ether oxygens (including phenoxy) is 1. The van der Waals surface area contributed by atoms with Crippen molar-refractivity contribution >= 4 is 11.6 Å². The number of carbonyl (C=O) groups excluding carboxylic acids is 2. The molecular formula is C21H27NO4. The molecule has 1 aromatic rings. The summed E-state index contributed by atoms with van der Waals surface area (Å²) in [7, 11) is 0. The van der Waals surface area contributed by atoms with Gasteiger partial charge in [0, 0.05) is 17.2 Å². The summed E-state index contributed by atoms with van der Waals surface area (Å²) >= 11 is 0. The lowest BCUT2D eigenvalue weighted by Crippen LogP contribution is -2.38. The second-order valence-corrected chi connectivity index (χ2v) is 6.16. The maximum absolute atomic E-state index is 12.8. The molecule has 140 valence electrons. The van der Waals surface area contributed by atoms with E-state index in [9.17, 15) is 9.59 Å². The molecule has 0 aromatic heterocycles. The number of rotatable bonds is 6. The topological polar surface area (TPSA) is 89.6 Å². The van der Waals surface area contributed by atoms with Crippen molar-refractivity contribution in [2.45, 2.75) is 32.7 Å². The fourth-order valence-corrected chi connectivity index (χ4v) is 3.22. The Morgan fingerprint density at radius 2 is 1.81 bits per heavy atom. The second-order valence-electron chi connectivity index (χ2n) is 6.16. The van der Waals surface area contributed by atoms with E-state index in [0.29, 0.717) is 36.3 Å². The average molecular weight is 357 g/mol. The SMILES string of the molecule is CC.NC(CO)CCCOC1=CC=CC2C(=O)c3ccccc3C(=O)C12. The van der Waals surface area contributed by atoms with Crippen molar-refractivity contribution in [3.05, 3.63) is 59.4 Å². The van der Waals surface area contributed by atoms with Gasteiger partial charge in [-0.1, -0.05) is 50.3 Å². The zero-order valence-corrected chi connectivity index (χ0v) is 15.4. The summed E-state index contributed by atoms with van der Waals surface area (Å²) in [6, 6.07) is 6.68. The first-order chi connectivity index (χ1) is 12.6. The zero-order chi connectivity index (χ0) is 19.1. The lowest BCUT2D eigenvalue weighted by molar-refractivity contribution is 0.0710. The Morgan fingerprint density at radius 3 is 2.46 bits per heavy atom. The number of aliphatic hydroxyl groups excluding tert-OH is 1. The number of carbonyl (C=O) groups is 2. The van der Waals surface area contributed by atoms with Crippen LogP contribution in [0.15, 0.2) is 48.3 Å². The van der Waals surface area contributed by atoms with E-state index < -0.39 is 11.8 Å². The number of hydrogen-bond acceptors (Lipinski definition) is 5. The van der Waals surface area contributed by atoms with Crippen LogP contribution < -0.4 is 5.73 Å². The highest BCUT2D eigenvalue weighted by molar-refractivity contribution is 6.17. The predicted molar refractivity (Wildman–Crippen MR) is 101 cm³/mol. The maximum atomic E-state index is 12.8. The minimum absolute atomic E-state index is 0.0389. The minimum Gasteiger partial charge on any atom is -0.497 e. The van der Waals surface area contributed by atoms with Gasteiger partial charge in [0.1, 0.15) is 5.76 Å². The van der Waals surface area contributed by atoms with Gasteiger partial charge >= 0.3 is 0 Å². The molecule has 2 aliphatic rings. The summed E-state index contributed by atoms with van der Waals surface area (Å²) in [5.74, 6) is -0.648. The van der Waals surface area contributed by atoms with Crippen LogP contribution in [-0.2, 0) is 4.74 Å². The van der Waals surface area contributed by atoms with Crippen LogP contribution in [-0.4, -0.2) is 35.9 Å². The Bertz CT molecular complexity index is 708. The predicted octanol–water partition coefficient (Wildman–Crippen LogP) is 2.89. The van der Waals surface area contributed by atoms with Crippen LogP contribution in [0.2, 0.25) is 0 Å². The fraction of sp³-hybridized carbons (Fsp3) is 0.429. The molecule has 26 heavy (non-hydrogen) atoms. The van der Waals surface area contributed by atoms with Crippen LogP contribution in [0.4, 0.5) is 0 Å². The molecule has 3 rings (SSSR count). The first-order valence-electron chi connectivity index (χ1n) is 9.18. The minimum atomic E-state index is -0.580. The summed E-state index contributed by atoms with van der Waals surface area (Å²) < 4.78 is 5.78. The highest BCUT2D eigenvalue weighted by atomic mass is 16.5. The molecule has 0 aliphatic heterocycles. The third kappa shape index (κ3) is 4.11. The van der Waals surface area contributed by atoms with Crippen LogP contribution >= 0.6 is 0 Å². The van der Waals surface area contributed by atoms with Crippen LogP contribution in [0, 0.1) is 11.8 Å². The molecule has 3 atom stereocenters. The van der Waals surface area contributed by atoms with E-state index in [-0.39, 0.29) is 24.2 Å². The summed E-state index contributed by atoms with van der Waals surface area (Å²) in [5, 5.41) is 8.93. The largest absolute Gasteiger partial charge is 0.497 e. The number of Topliss-reactive ketones (excluding diaryl/α,β-unsaturated/α-hetero) is 2. The molecule has 5 nitrogen and oxygen atoms in total. The van der Waals surface area contributed by atoms with Gasteiger partial charge in [-0.05, 0) is 18.9 Å². The molecule has 5 heteroatoms. The van der Waals surface area contributed by atoms with Crippen LogP contribution in [0.25, 0.3) is 0 Å². The molecule has 0 amide bonds. The summed E-state index contributed by atoms with van der Waals surface area (Å²) in [4.78, 5) is 25.5. The van der Waals surface area contributed by atoms with E-state index in [1.54, 1.807) is 42.5 Å². The smallest absolute Gasteiger partial charge is 0.175 e. The van der Waals surface area contributed by atoms with Crippen molar-refractivity contribution in [3.63, 3.8) is 0 Å². The van der Waals surface area contributed by atoms with Crippen LogP contribution in [0.1, 0.15) is 47.4 Å². The third-order valence-corrected chi connectivity index (χ3v) is 4.51. The Balaban J connectivity index is 0.00000117. The molecule has 3 N–H and O–H groups in total. The Hall–Kier alpha value is -2.24. The monoisotopic (exact) mass is 357 g/mol. The highest BCUT2D eigenvalue weighted by Crippen LogP contribution is 2.38. The molecule has 0 radical (unpaired) electrons. The second kappa shape index (κ2) is 9.46. The molecule has 0 saturated carbocycles. The molecule has 1 aromatic carbocycles. The van der Waals surface area contributed by atoms with E-state index in [0.717, 1.165) is 0 Å². The van der Waals surface area contributed by atoms with Crippen molar-refractivity contribution in [3.8, 4) is 0 Å². The van der Waals surface area contributed by atoms with E-state index >= 15 is 0 Å². The lowest BCUT2D eigenvalue weighted by atomic mass is 9.71. The lowest BCUT2D eigenvalue weighted by Gasteiger charge is -2.32. The normalized spacial score (nSPS) is 21.8. The number of benzene rings is 1. The molecular weight excluding hydrogens is 330 g/mol. The zero-order valence-electron chi connectivity index (χ0n) is 15.4.